The number of carbonyl (C=O) groups excluding carboxylic acids is 1. The monoisotopic (exact) mass is 357 g/mol. The van der Waals surface area contributed by atoms with Crippen molar-refractivity contribution in [2.24, 2.45) is 5.10 Å². The molecule has 1 aliphatic rings. The number of amides is 1. The van der Waals surface area contributed by atoms with E-state index in [4.69, 9.17) is 11.6 Å². The molecule has 3 rings (SSSR count). The minimum atomic E-state index is -0.441. The molecule has 0 saturated heterocycles. The molecule has 0 saturated carbocycles. The molecule has 2 aromatic carbocycles. The van der Waals surface area contributed by atoms with Crippen LogP contribution in [0, 0.1) is 10.1 Å². The highest BCUT2D eigenvalue weighted by Gasteiger charge is 2.32. The second-order valence-corrected chi connectivity index (χ2v) is 6.15. The molecule has 1 heterocycles. The van der Waals surface area contributed by atoms with E-state index >= 15 is 0 Å². The number of non-ortho nitro benzene ring substituents is 1. The standard InChI is InChI=1S/C18H16ClN3O3/c1-2-18(23)21-17(13-5-9-15(10-6-13)22(24)25)11-16(20-21)12-3-7-14(19)8-4-12/h3-10,17H,2,11H2,1H3/t17-/m0/s1. The maximum absolute atomic E-state index is 12.3. The van der Waals surface area contributed by atoms with Gasteiger partial charge in [0.05, 0.1) is 16.7 Å². The topological polar surface area (TPSA) is 75.8 Å². The van der Waals surface area contributed by atoms with Crippen molar-refractivity contribution in [1.29, 1.82) is 0 Å². The molecule has 2 aromatic rings. The van der Waals surface area contributed by atoms with Crippen molar-refractivity contribution >= 4 is 28.9 Å². The van der Waals surface area contributed by atoms with Gasteiger partial charge < -0.3 is 0 Å². The number of carbonyl (C=O) groups is 1. The summed E-state index contributed by atoms with van der Waals surface area (Å²) in [6, 6.07) is 13.3. The highest BCUT2D eigenvalue weighted by molar-refractivity contribution is 6.30. The van der Waals surface area contributed by atoms with Gasteiger partial charge in [-0.05, 0) is 23.3 Å². The third kappa shape index (κ3) is 3.53. The average Bonchev–Trinajstić information content (AvgIpc) is 3.07. The summed E-state index contributed by atoms with van der Waals surface area (Å²) >= 11 is 5.93. The van der Waals surface area contributed by atoms with E-state index < -0.39 is 4.92 Å². The highest BCUT2D eigenvalue weighted by Crippen LogP contribution is 2.34. The first-order valence-corrected chi connectivity index (χ1v) is 8.27. The summed E-state index contributed by atoms with van der Waals surface area (Å²) in [6.07, 6.45) is 0.881. The number of hydrazone groups is 1. The molecule has 25 heavy (non-hydrogen) atoms. The van der Waals surface area contributed by atoms with Gasteiger partial charge in [-0.3, -0.25) is 14.9 Å². The molecule has 0 radical (unpaired) electrons. The number of nitro benzene ring substituents is 1. The molecule has 6 nitrogen and oxygen atoms in total. The zero-order chi connectivity index (χ0) is 18.0. The zero-order valence-corrected chi connectivity index (χ0v) is 14.3. The quantitative estimate of drug-likeness (QED) is 0.603. The lowest BCUT2D eigenvalue weighted by Gasteiger charge is -2.21. The van der Waals surface area contributed by atoms with Crippen molar-refractivity contribution in [3.05, 3.63) is 74.8 Å². The van der Waals surface area contributed by atoms with E-state index in [0.717, 1.165) is 16.8 Å². The molecule has 0 N–H and O–H groups in total. The largest absolute Gasteiger partial charge is 0.273 e. The number of hydrogen-bond donors (Lipinski definition) is 0. The SMILES string of the molecule is CCC(=O)N1N=C(c2ccc(Cl)cc2)C[C@H]1c1ccc([N+](=O)[O-])cc1. The van der Waals surface area contributed by atoms with Crippen LogP contribution in [-0.2, 0) is 4.79 Å². The summed E-state index contributed by atoms with van der Waals surface area (Å²) < 4.78 is 0. The molecule has 0 aliphatic carbocycles. The zero-order valence-electron chi connectivity index (χ0n) is 13.6. The van der Waals surface area contributed by atoms with Gasteiger partial charge in [0.25, 0.3) is 5.69 Å². The lowest BCUT2D eigenvalue weighted by Crippen LogP contribution is -2.26. The number of rotatable bonds is 4. The van der Waals surface area contributed by atoms with Gasteiger partial charge in [-0.25, -0.2) is 5.01 Å². The van der Waals surface area contributed by atoms with Crippen LogP contribution in [-0.4, -0.2) is 21.6 Å². The Kier molecular flexibility index (Phi) is 4.81. The van der Waals surface area contributed by atoms with E-state index in [1.807, 2.05) is 12.1 Å². The second-order valence-electron chi connectivity index (χ2n) is 5.71. The second kappa shape index (κ2) is 7.03. The van der Waals surface area contributed by atoms with Crippen LogP contribution in [0.2, 0.25) is 5.02 Å². The first kappa shape index (κ1) is 17.1. The Morgan fingerprint density at radius 2 is 1.88 bits per heavy atom. The van der Waals surface area contributed by atoms with Gasteiger partial charge in [-0.2, -0.15) is 5.10 Å². The minimum Gasteiger partial charge on any atom is -0.273 e. The molecule has 7 heteroatoms. The molecule has 0 aromatic heterocycles. The first-order valence-electron chi connectivity index (χ1n) is 7.89. The van der Waals surface area contributed by atoms with Crippen LogP contribution in [0.1, 0.15) is 36.9 Å². The third-order valence-corrected chi connectivity index (χ3v) is 4.39. The smallest absolute Gasteiger partial charge is 0.269 e. The summed E-state index contributed by atoms with van der Waals surface area (Å²) in [5, 5.41) is 17.4. The fourth-order valence-electron chi connectivity index (χ4n) is 2.80. The Morgan fingerprint density at radius 1 is 1.24 bits per heavy atom. The van der Waals surface area contributed by atoms with E-state index in [1.54, 1.807) is 31.2 Å². The Bertz CT molecular complexity index is 832. The summed E-state index contributed by atoms with van der Waals surface area (Å²) in [6.45, 7) is 1.78. The predicted octanol–water partition coefficient (Wildman–Crippen LogP) is 4.34. The number of halogens is 1. The maximum atomic E-state index is 12.3. The van der Waals surface area contributed by atoms with Gasteiger partial charge in [-0.15, -0.1) is 0 Å². The van der Waals surface area contributed by atoms with Gasteiger partial charge in [0.15, 0.2) is 0 Å². The van der Waals surface area contributed by atoms with Crippen LogP contribution >= 0.6 is 11.6 Å². The molecular formula is C18H16ClN3O3. The molecule has 1 aliphatic heterocycles. The molecule has 1 atom stereocenters. The minimum absolute atomic E-state index is 0.0222. The van der Waals surface area contributed by atoms with Crippen LogP contribution in [0.4, 0.5) is 5.69 Å². The number of hydrogen-bond acceptors (Lipinski definition) is 4. The highest BCUT2D eigenvalue weighted by atomic mass is 35.5. The normalized spacial score (nSPS) is 16.6. The molecule has 1 amide bonds. The van der Waals surface area contributed by atoms with E-state index in [9.17, 15) is 14.9 Å². The van der Waals surface area contributed by atoms with Crippen molar-refractivity contribution in [1.82, 2.24) is 5.01 Å². The van der Waals surface area contributed by atoms with Crippen molar-refractivity contribution in [2.75, 3.05) is 0 Å². The van der Waals surface area contributed by atoms with E-state index in [2.05, 4.69) is 5.10 Å². The third-order valence-electron chi connectivity index (χ3n) is 4.13. The molecule has 0 unspecified atom stereocenters. The van der Waals surface area contributed by atoms with Crippen LogP contribution in [0.5, 0.6) is 0 Å². The lowest BCUT2D eigenvalue weighted by molar-refractivity contribution is -0.384. The Balaban J connectivity index is 1.92. The molecule has 0 fully saturated rings. The average molecular weight is 358 g/mol. The maximum Gasteiger partial charge on any atom is 0.269 e. The number of benzene rings is 2. The molecule has 0 spiro atoms. The first-order chi connectivity index (χ1) is 12.0. The predicted molar refractivity (Wildman–Crippen MR) is 95.6 cm³/mol. The number of nitrogens with zero attached hydrogens (tertiary/aromatic N) is 3. The Morgan fingerprint density at radius 3 is 2.44 bits per heavy atom. The summed E-state index contributed by atoms with van der Waals surface area (Å²) in [7, 11) is 0. The van der Waals surface area contributed by atoms with Crippen molar-refractivity contribution in [2.45, 2.75) is 25.8 Å². The van der Waals surface area contributed by atoms with Crippen LogP contribution in [0.15, 0.2) is 53.6 Å². The van der Waals surface area contributed by atoms with Gasteiger partial charge in [-0.1, -0.05) is 42.8 Å². The Hall–Kier alpha value is -2.73. The van der Waals surface area contributed by atoms with Gasteiger partial charge in [0.1, 0.15) is 0 Å². The molecule has 128 valence electrons. The molecule has 0 bridgehead atoms. The van der Waals surface area contributed by atoms with Gasteiger partial charge >= 0.3 is 0 Å². The van der Waals surface area contributed by atoms with E-state index in [-0.39, 0.29) is 17.6 Å². The van der Waals surface area contributed by atoms with Crippen molar-refractivity contribution in [3.8, 4) is 0 Å². The van der Waals surface area contributed by atoms with Crippen LogP contribution in [0.25, 0.3) is 0 Å². The summed E-state index contributed by atoms with van der Waals surface area (Å²) in [5.74, 6) is -0.0904. The fraction of sp³-hybridized carbons (Fsp3) is 0.222. The van der Waals surface area contributed by atoms with Crippen molar-refractivity contribution < 1.29 is 9.72 Å². The fourth-order valence-corrected chi connectivity index (χ4v) is 2.92. The number of nitro groups is 1. The van der Waals surface area contributed by atoms with Gasteiger partial charge in [0.2, 0.25) is 5.91 Å². The van der Waals surface area contributed by atoms with E-state index in [0.29, 0.717) is 17.9 Å². The van der Waals surface area contributed by atoms with Crippen LogP contribution in [0.3, 0.4) is 0 Å². The summed E-state index contributed by atoms with van der Waals surface area (Å²) in [4.78, 5) is 22.7. The van der Waals surface area contributed by atoms with Gasteiger partial charge in [0, 0.05) is 30.0 Å². The lowest BCUT2D eigenvalue weighted by atomic mass is 9.98. The van der Waals surface area contributed by atoms with Crippen molar-refractivity contribution in [3.63, 3.8) is 0 Å². The molecular weight excluding hydrogens is 342 g/mol. The van der Waals surface area contributed by atoms with E-state index in [1.165, 1.54) is 17.1 Å². The Labute approximate surface area is 149 Å². The summed E-state index contributed by atoms with van der Waals surface area (Å²) in [5.41, 5.74) is 2.54. The van der Waals surface area contributed by atoms with Crippen LogP contribution < -0.4 is 0 Å².